The van der Waals surface area contributed by atoms with Crippen LogP contribution in [0.25, 0.3) is 0 Å². The Balaban J connectivity index is 1.74. The average molecular weight is 440 g/mol. The SMILES string of the molecule is O=C(O)C(CC(=O)C1(C(=O)CC(C(=O)O)N2CCOCC2)CCCC1)N1CCOCC1. The van der Waals surface area contributed by atoms with E-state index in [1.54, 1.807) is 9.80 Å². The molecule has 0 aromatic rings. The van der Waals surface area contributed by atoms with Crippen LogP contribution in [0.3, 0.4) is 0 Å². The van der Waals surface area contributed by atoms with E-state index in [4.69, 9.17) is 9.47 Å². The highest BCUT2D eigenvalue weighted by Gasteiger charge is 2.49. The summed E-state index contributed by atoms with van der Waals surface area (Å²) in [5.41, 5.74) is -1.28. The molecule has 2 heterocycles. The lowest BCUT2D eigenvalue weighted by molar-refractivity contribution is -0.153. The highest BCUT2D eigenvalue weighted by molar-refractivity contribution is 6.09. The topological polar surface area (TPSA) is 134 Å². The van der Waals surface area contributed by atoms with Crippen molar-refractivity contribution in [3.05, 3.63) is 0 Å². The zero-order valence-corrected chi connectivity index (χ0v) is 17.8. The van der Waals surface area contributed by atoms with E-state index in [-0.39, 0.29) is 24.4 Å². The van der Waals surface area contributed by atoms with Crippen LogP contribution in [0.4, 0.5) is 0 Å². The maximum atomic E-state index is 13.4. The van der Waals surface area contributed by atoms with Gasteiger partial charge in [-0.25, -0.2) is 0 Å². The third kappa shape index (κ3) is 5.49. The van der Waals surface area contributed by atoms with Gasteiger partial charge in [-0.3, -0.25) is 29.0 Å². The second-order valence-electron chi connectivity index (χ2n) is 8.55. The summed E-state index contributed by atoms with van der Waals surface area (Å²) in [6, 6.07) is -2.01. The first-order valence-corrected chi connectivity index (χ1v) is 11.0. The lowest BCUT2D eigenvalue weighted by Gasteiger charge is -2.35. The smallest absolute Gasteiger partial charge is 0.321 e. The molecule has 2 unspecified atom stereocenters. The number of carboxylic acid groups (broad SMARTS) is 2. The van der Waals surface area contributed by atoms with Gasteiger partial charge in [-0.15, -0.1) is 0 Å². The third-order valence-corrected chi connectivity index (χ3v) is 6.83. The van der Waals surface area contributed by atoms with E-state index in [0.29, 0.717) is 78.3 Å². The zero-order valence-electron chi connectivity index (χ0n) is 17.8. The van der Waals surface area contributed by atoms with Gasteiger partial charge in [0.25, 0.3) is 0 Å². The van der Waals surface area contributed by atoms with E-state index in [9.17, 15) is 29.4 Å². The summed E-state index contributed by atoms with van der Waals surface area (Å²) in [6.07, 6.45) is 1.60. The van der Waals surface area contributed by atoms with Gasteiger partial charge >= 0.3 is 11.9 Å². The molecule has 31 heavy (non-hydrogen) atoms. The molecular weight excluding hydrogens is 408 g/mol. The molecule has 0 amide bonds. The maximum Gasteiger partial charge on any atom is 0.321 e. The molecule has 2 N–H and O–H groups in total. The lowest BCUT2D eigenvalue weighted by atomic mass is 9.73. The molecule has 0 radical (unpaired) electrons. The fourth-order valence-corrected chi connectivity index (χ4v) is 4.96. The fraction of sp³-hybridized carbons (Fsp3) is 0.810. The average Bonchev–Trinajstić information content (AvgIpc) is 3.27. The standard InChI is InChI=1S/C21H32N2O8/c24-17(13-15(19(26)27)22-5-9-30-10-6-22)21(3-1-2-4-21)18(25)14-16(20(28)29)23-7-11-31-12-8-23/h15-16H,1-14H2,(H,26,27)(H,28,29). The quantitative estimate of drug-likeness (QED) is 0.448. The number of Topliss-reactive ketones (excluding diaryl/α,β-unsaturated/α-hetero) is 2. The summed E-state index contributed by atoms with van der Waals surface area (Å²) in [6.45, 7) is 3.30. The first-order chi connectivity index (χ1) is 14.8. The predicted molar refractivity (Wildman–Crippen MR) is 108 cm³/mol. The molecule has 0 spiro atoms. The fourth-order valence-electron chi connectivity index (χ4n) is 4.96. The number of carboxylic acids is 2. The summed E-state index contributed by atoms with van der Waals surface area (Å²) >= 11 is 0. The van der Waals surface area contributed by atoms with Gasteiger partial charge in [-0.05, 0) is 12.8 Å². The van der Waals surface area contributed by atoms with E-state index in [1.807, 2.05) is 0 Å². The van der Waals surface area contributed by atoms with Gasteiger partial charge in [0.2, 0.25) is 0 Å². The van der Waals surface area contributed by atoms with Crippen molar-refractivity contribution in [1.82, 2.24) is 9.80 Å². The molecule has 2 aliphatic heterocycles. The van der Waals surface area contributed by atoms with Crippen LogP contribution < -0.4 is 0 Å². The molecule has 10 heteroatoms. The number of hydrogen-bond donors (Lipinski definition) is 2. The molecule has 0 bridgehead atoms. The Morgan fingerprint density at radius 3 is 1.39 bits per heavy atom. The van der Waals surface area contributed by atoms with Gasteiger partial charge in [0.05, 0.1) is 31.8 Å². The van der Waals surface area contributed by atoms with Crippen LogP contribution in [0, 0.1) is 5.41 Å². The molecule has 3 fully saturated rings. The highest BCUT2D eigenvalue weighted by Crippen LogP contribution is 2.42. The van der Waals surface area contributed by atoms with Crippen LogP contribution in [0.1, 0.15) is 38.5 Å². The van der Waals surface area contributed by atoms with Crippen LogP contribution in [0.5, 0.6) is 0 Å². The Morgan fingerprint density at radius 1 is 0.710 bits per heavy atom. The zero-order chi connectivity index (χ0) is 22.4. The number of hydrogen-bond acceptors (Lipinski definition) is 8. The lowest BCUT2D eigenvalue weighted by Crippen LogP contribution is -2.52. The van der Waals surface area contributed by atoms with E-state index in [2.05, 4.69) is 0 Å². The number of aliphatic carboxylic acids is 2. The van der Waals surface area contributed by atoms with Crippen molar-refractivity contribution < 1.29 is 38.9 Å². The van der Waals surface area contributed by atoms with Crippen molar-refractivity contribution >= 4 is 23.5 Å². The number of nitrogens with zero attached hydrogens (tertiary/aromatic N) is 2. The Hall–Kier alpha value is -1.88. The number of ketones is 2. The van der Waals surface area contributed by atoms with E-state index >= 15 is 0 Å². The monoisotopic (exact) mass is 440 g/mol. The third-order valence-electron chi connectivity index (χ3n) is 6.83. The Labute approximate surface area is 181 Å². The van der Waals surface area contributed by atoms with Gasteiger partial charge in [0, 0.05) is 39.0 Å². The van der Waals surface area contributed by atoms with E-state index in [1.165, 1.54) is 0 Å². The molecule has 0 aromatic heterocycles. The van der Waals surface area contributed by atoms with Crippen LogP contribution in [-0.4, -0.2) is 108 Å². The summed E-state index contributed by atoms with van der Waals surface area (Å²) in [5.74, 6) is -2.93. The Bertz CT molecular complexity index is 627. The molecule has 1 saturated carbocycles. The van der Waals surface area contributed by atoms with Gasteiger partial charge in [-0.1, -0.05) is 12.8 Å². The molecule has 1 aliphatic carbocycles. The molecule has 174 valence electrons. The van der Waals surface area contributed by atoms with Crippen LogP contribution in [0.15, 0.2) is 0 Å². The minimum absolute atomic E-state index is 0.254. The normalized spacial score (nSPS) is 24.4. The van der Waals surface area contributed by atoms with Crippen molar-refractivity contribution in [2.45, 2.75) is 50.6 Å². The first-order valence-electron chi connectivity index (χ1n) is 11.0. The van der Waals surface area contributed by atoms with Gasteiger partial charge in [0.1, 0.15) is 23.7 Å². The Kier molecular flexibility index (Phi) is 8.15. The van der Waals surface area contributed by atoms with Gasteiger partial charge in [-0.2, -0.15) is 0 Å². The minimum Gasteiger partial charge on any atom is -0.480 e. The largest absolute Gasteiger partial charge is 0.480 e. The van der Waals surface area contributed by atoms with Crippen molar-refractivity contribution in [2.24, 2.45) is 5.41 Å². The summed E-state index contributed by atoms with van der Waals surface area (Å²) in [7, 11) is 0. The molecule has 3 aliphatic rings. The molecule has 2 atom stereocenters. The number of carbonyl (C=O) groups excluding carboxylic acids is 2. The highest BCUT2D eigenvalue weighted by atomic mass is 16.5. The van der Waals surface area contributed by atoms with Crippen LogP contribution >= 0.6 is 0 Å². The number of morpholine rings is 2. The Morgan fingerprint density at radius 2 is 1.06 bits per heavy atom. The van der Waals surface area contributed by atoms with Gasteiger partial charge < -0.3 is 19.7 Å². The molecular formula is C21H32N2O8. The first kappa shape index (κ1) is 23.8. The molecule has 10 nitrogen and oxygen atoms in total. The number of carbonyl (C=O) groups is 4. The molecule has 2 saturated heterocycles. The molecule has 0 aromatic carbocycles. The molecule has 3 rings (SSSR count). The second-order valence-corrected chi connectivity index (χ2v) is 8.55. The van der Waals surface area contributed by atoms with E-state index < -0.39 is 29.4 Å². The van der Waals surface area contributed by atoms with Crippen molar-refractivity contribution in [3.63, 3.8) is 0 Å². The maximum absolute atomic E-state index is 13.4. The summed E-state index contributed by atoms with van der Waals surface area (Å²) < 4.78 is 10.5. The number of rotatable bonds is 10. The van der Waals surface area contributed by atoms with Crippen molar-refractivity contribution in [1.29, 1.82) is 0 Å². The predicted octanol–water partition coefficient (Wildman–Crippen LogP) is 0.0360. The van der Waals surface area contributed by atoms with E-state index in [0.717, 1.165) is 0 Å². The summed E-state index contributed by atoms with van der Waals surface area (Å²) in [4.78, 5) is 53.9. The van der Waals surface area contributed by atoms with Crippen LogP contribution in [0.2, 0.25) is 0 Å². The second kappa shape index (κ2) is 10.6. The number of ether oxygens (including phenoxy) is 2. The minimum atomic E-state index is -1.28. The van der Waals surface area contributed by atoms with Crippen molar-refractivity contribution in [2.75, 3.05) is 52.6 Å². The van der Waals surface area contributed by atoms with Crippen molar-refractivity contribution in [3.8, 4) is 0 Å². The van der Waals surface area contributed by atoms with Crippen LogP contribution in [-0.2, 0) is 28.7 Å². The van der Waals surface area contributed by atoms with Gasteiger partial charge in [0.15, 0.2) is 0 Å². The summed E-state index contributed by atoms with van der Waals surface area (Å²) in [5, 5.41) is 19.4.